The minimum absolute atomic E-state index is 0.0253. The number of carbonyl (C=O) groups is 1. The molecule has 0 spiro atoms. The summed E-state index contributed by atoms with van der Waals surface area (Å²) in [6.45, 7) is 0. The van der Waals surface area contributed by atoms with Gasteiger partial charge in [-0.05, 0) is 71.7 Å². The SMILES string of the molecule is COc1ccc(NC(=O)/C(C#N)=C/c2cc(Br)ccc2Cc2ccccc2Br)cc1. The van der Waals surface area contributed by atoms with Gasteiger partial charge < -0.3 is 10.1 Å². The Hall–Kier alpha value is -2.88. The lowest BCUT2D eigenvalue weighted by atomic mass is 9.98. The van der Waals surface area contributed by atoms with E-state index >= 15 is 0 Å². The maximum atomic E-state index is 12.7. The van der Waals surface area contributed by atoms with Crippen molar-refractivity contribution in [2.75, 3.05) is 12.4 Å². The average Bonchev–Trinajstić information content (AvgIpc) is 2.75. The molecule has 3 aromatic carbocycles. The zero-order chi connectivity index (χ0) is 21.5. The third kappa shape index (κ3) is 5.59. The Morgan fingerprint density at radius 1 is 1.07 bits per heavy atom. The number of methoxy groups -OCH3 is 1. The monoisotopic (exact) mass is 524 g/mol. The Kier molecular flexibility index (Phi) is 7.45. The third-order valence-electron chi connectivity index (χ3n) is 4.46. The van der Waals surface area contributed by atoms with Crippen LogP contribution in [-0.2, 0) is 11.2 Å². The predicted molar refractivity (Wildman–Crippen MR) is 126 cm³/mol. The lowest BCUT2D eigenvalue weighted by molar-refractivity contribution is -0.112. The lowest BCUT2D eigenvalue weighted by Gasteiger charge is -2.10. The molecule has 0 bridgehead atoms. The first-order valence-corrected chi connectivity index (χ1v) is 10.7. The largest absolute Gasteiger partial charge is 0.497 e. The first kappa shape index (κ1) is 21.8. The van der Waals surface area contributed by atoms with Crippen LogP contribution >= 0.6 is 31.9 Å². The predicted octanol–water partition coefficient (Wildman–Crippen LogP) is 6.36. The number of benzene rings is 3. The van der Waals surface area contributed by atoms with Crippen LogP contribution in [0.25, 0.3) is 6.08 Å². The molecule has 1 amide bonds. The minimum Gasteiger partial charge on any atom is -0.497 e. The van der Waals surface area contributed by atoms with Crippen molar-refractivity contribution in [3.63, 3.8) is 0 Å². The second-order valence-electron chi connectivity index (χ2n) is 6.46. The van der Waals surface area contributed by atoms with Crippen LogP contribution in [0.2, 0.25) is 0 Å². The van der Waals surface area contributed by atoms with Crippen molar-refractivity contribution in [1.82, 2.24) is 0 Å². The van der Waals surface area contributed by atoms with Gasteiger partial charge in [-0.25, -0.2) is 0 Å². The molecule has 0 aromatic heterocycles. The fourth-order valence-electron chi connectivity index (χ4n) is 2.88. The zero-order valence-corrected chi connectivity index (χ0v) is 19.3. The molecule has 0 aliphatic rings. The van der Waals surface area contributed by atoms with Crippen molar-refractivity contribution in [3.8, 4) is 11.8 Å². The highest BCUT2D eigenvalue weighted by Crippen LogP contribution is 2.25. The van der Waals surface area contributed by atoms with Crippen LogP contribution in [0.4, 0.5) is 5.69 Å². The highest BCUT2D eigenvalue weighted by molar-refractivity contribution is 9.10. The summed E-state index contributed by atoms with van der Waals surface area (Å²) < 4.78 is 7.01. The topological polar surface area (TPSA) is 62.1 Å². The first-order valence-electron chi connectivity index (χ1n) is 9.09. The Morgan fingerprint density at radius 2 is 1.80 bits per heavy atom. The molecule has 0 saturated heterocycles. The summed E-state index contributed by atoms with van der Waals surface area (Å²) in [5, 5.41) is 12.3. The molecular weight excluding hydrogens is 508 g/mol. The number of amides is 1. The van der Waals surface area contributed by atoms with Gasteiger partial charge in [0.1, 0.15) is 17.4 Å². The molecule has 0 radical (unpaired) electrons. The van der Waals surface area contributed by atoms with E-state index in [1.165, 1.54) is 0 Å². The second-order valence-corrected chi connectivity index (χ2v) is 8.23. The van der Waals surface area contributed by atoms with Crippen LogP contribution in [0.15, 0.2) is 81.2 Å². The number of nitrogens with one attached hydrogen (secondary N) is 1. The van der Waals surface area contributed by atoms with Gasteiger partial charge in [-0.1, -0.05) is 56.1 Å². The van der Waals surface area contributed by atoms with E-state index in [2.05, 4.69) is 37.2 Å². The van der Waals surface area contributed by atoms with E-state index < -0.39 is 5.91 Å². The lowest BCUT2D eigenvalue weighted by Crippen LogP contribution is -2.13. The standard InChI is InChI=1S/C24H18Br2N2O2/c1-30-22-10-8-21(9-11-22)28-24(29)19(15-27)13-18-14-20(25)7-6-16(18)12-17-4-2-3-5-23(17)26/h2-11,13-14H,12H2,1H3,(H,28,29)/b19-13+. The molecule has 0 aliphatic carbocycles. The van der Waals surface area contributed by atoms with E-state index in [0.29, 0.717) is 17.9 Å². The smallest absolute Gasteiger partial charge is 0.266 e. The molecule has 0 heterocycles. The highest BCUT2D eigenvalue weighted by Gasteiger charge is 2.12. The molecule has 0 atom stereocenters. The van der Waals surface area contributed by atoms with Crippen molar-refractivity contribution in [1.29, 1.82) is 5.26 Å². The second kappa shape index (κ2) is 10.2. The number of hydrogen-bond acceptors (Lipinski definition) is 3. The van der Waals surface area contributed by atoms with Crippen LogP contribution in [0.1, 0.15) is 16.7 Å². The Labute approximate surface area is 192 Å². The summed E-state index contributed by atoms with van der Waals surface area (Å²) in [6, 6.07) is 22.8. The molecular formula is C24H18Br2N2O2. The van der Waals surface area contributed by atoms with Gasteiger partial charge in [-0.2, -0.15) is 5.26 Å². The van der Waals surface area contributed by atoms with Gasteiger partial charge in [0.05, 0.1) is 7.11 Å². The van der Waals surface area contributed by atoms with Crippen molar-refractivity contribution in [2.45, 2.75) is 6.42 Å². The average molecular weight is 526 g/mol. The molecule has 1 N–H and O–H groups in total. The van der Waals surface area contributed by atoms with E-state index in [1.54, 1.807) is 37.5 Å². The maximum Gasteiger partial charge on any atom is 0.266 e. The van der Waals surface area contributed by atoms with Crippen LogP contribution in [0.3, 0.4) is 0 Å². The summed E-state index contributed by atoms with van der Waals surface area (Å²) in [5.41, 5.74) is 3.55. The molecule has 4 nitrogen and oxygen atoms in total. The molecule has 0 saturated carbocycles. The zero-order valence-electron chi connectivity index (χ0n) is 16.2. The number of halogens is 2. The summed E-state index contributed by atoms with van der Waals surface area (Å²) in [7, 11) is 1.58. The first-order chi connectivity index (χ1) is 14.5. The Morgan fingerprint density at radius 3 is 2.47 bits per heavy atom. The highest BCUT2D eigenvalue weighted by atomic mass is 79.9. The number of ether oxygens (including phenoxy) is 1. The van der Waals surface area contributed by atoms with Crippen LogP contribution in [0.5, 0.6) is 5.75 Å². The number of rotatable bonds is 6. The van der Waals surface area contributed by atoms with Crippen molar-refractivity contribution in [2.24, 2.45) is 0 Å². The van der Waals surface area contributed by atoms with Gasteiger partial charge in [0, 0.05) is 14.6 Å². The Bertz CT molecular complexity index is 1130. The van der Waals surface area contributed by atoms with Crippen molar-refractivity contribution >= 4 is 49.5 Å². The summed E-state index contributed by atoms with van der Waals surface area (Å²) in [6.07, 6.45) is 2.29. The van der Waals surface area contributed by atoms with E-state index in [4.69, 9.17) is 4.74 Å². The molecule has 0 fully saturated rings. The summed E-state index contributed by atoms with van der Waals surface area (Å²) in [4.78, 5) is 12.7. The van der Waals surface area contributed by atoms with Gasteiger partial charge in [0.25, 0.3) is 5.91 Å². The Balaban J connectivity index is 1.89. The van der Waals surface area contributed by atoms with Crippen molar-refractivity contribution in [3.05, 3.63) is 97.9 Å². The van der Waals surface area contributed by atoms with E-state index in [9.17, 15) is 10.1 Å². The van der Waals surface area contributed by atoms with Gasteiger partial charge in [0.2, 0.25) is 0 Å². The molecule has 0 unspecified atom stereocenters. The molecule has 150 valence electrons. The minimum atomic E-state index is -0.463. The molecule has 6 heteroatoms. The molecule has 3 aromatic rings. The fraction of sp³-hybridized carbons (Fsp3) is 0.0833. The normalized spacial score (nSPS) is 10.9. The molecule has 0 aliphatic heterocycles. The van der Waals surface area contributed by atoms with Gasteiger partial charge in [0.15, 0.2) is 0 Å². The number of carbonyl (C=O) groups excluding carboxylic acids is 1. The van der Waals surface area contributed by atoms with Crippen LogP contribution in [0, 0.1) is 11.3 Å². The summed E-state index contributed by atoms with van der Waals surface area (Å²) in [5.74, 6) is 0.226. The maximum absolute atomic E-state index is 12.7. The fourth-order valence-corrected chi connectivity index (χ4v) is 3.69. The number of hydrogen-bond donors (Lipinski definition) is 1. The van der Waals surface area contributed by atoms with Gasteiger partial charge in [-0.3, -0.25) is 4.79 Å². The number of nitrogens with zero attached hydrogens (tertiary/aromatic N) is 1. The third-order valence-corrected chi connectivity index (χ3v) is 5.73. The molecule has 3 rings (SSSR count). The van der Waals surface area contributed by atoms with Crippen molar-refractivity contribution < 1.29 is 9.53 Å². The number of anilines is 1. The quantitative estimate of drug-likeness (QED) is 0.301. The van der Waals surface area contributed by atoms with Crippen LogP contribution < -0.4 is 10.1 Å². The molecule has 30 heavy (non-hydrogen) atoms. The van der Waals surface area contributed by atoms with E-state index in [1.807, 2.05) is 48.5 Å². The van der Waals surface area contributed by atoms with E-state index in [0.717, 1.165) is 25.6 Å². The number of nitriles is 1. The van der Waals surface area contributed by atoms with Crippen LogP contribution in [-0.4, -0.2) is 13.0 Å². The van der Waals surface area contributed by atoms with Gasteiger partial charge >= 0.3 is 0 Å². The summed E-state index contributed by atoms with van der Waals surface area (Å²) >= 11 is 7.06. The van der Waals surface area contributed by atoms with Gasteiger partial charge in [-0.15, -0.1) is 0 Å². The van der Waals surface area contributed by atoms with E-state index in [-0.39, 0.29) is 5.57 Å².